The van der Waals surface area contributed by atoms with Crippen molar-refractivity contribution in [1.29, 1.82) is 0 Å². The summed E-state index contributed by atoms with van der Waals surface area (Å²) in [5, 5.41) is 9.79. The van der Waals surface area contributed by atoms with Gasteiger partial charge in [-0.05, 0) is 43.5 Å². The number of para-hydroxylation sites is 1. The SMILES string of the molecule is Cc1ccc(-c2cc(C(=O)NC[C@H]3CCc4ccccc4O3)n[nH]2)o1. The third-order valence-electron chi connectivity index (χ3n) is 4.31. The molecule has 25 heavy (non-hydrogen) atoms. The van der Waals surface area contributed by atoms with Crippen LogP contribution in [0.4, 0.5) is 0 Å². The fourth-order valence-corrected chi connectivity index (χ4v) is 2.96. The van der Waals surface area contributed by atoms with Gasteiger partial charge >= 0.3 is 0 Å². The third-order valence-corrected chi connectivity index (χ3v) is 4.31. The molecule has 3 aromatic rings. The molecular formula is C19H19N3O3. The summed E-state index contributed by atoms with van der Waals surface area (Å²) in [6.45, 7) is 2.32. The van der Waals surface area contributed by atoms with E-state index in [0.29, 0.717) is 23.7 Å². The van der Waals surface area contributed by atoms with Crippen molar-refractivity contribution in [3.63, 3.8) is 0 Å². The monoisotopic (exact) mass is 337 g/mol. The molecule has 1 aliphatic heterocycles. The van der Waals surface area contributed by atoms with E-state index >= 15 is 0 Å². The molecule has 6 heteroatoms. The van der Waals surface area contributed by atoms with E-state index < -0.39 is 0 Å². The number of ether oxygens (including phenoxy) is 1. The number of furan rings is 1. The number of H-pyrrole nitrogens is 1. The van der Waals surface area contributed by atoms with Crippen LogP contribution < -0.4 is 10.1 Å². The molecule has 1 aromatic carbocycles. The van der Waals surface area contributed by atoms with E-state index in [2.05, 4.69) is 21.6 Å². The number of aromatic amines is 1. The van der Waals surface area contributed by atoms with Crippen LogP contribution in [0.2, 0.25) is 0 Å². The summed E-state index contributed by atoms with van der Waals surface area (Å²) in [6.07, 6.45) is 1.82. The largest absolute Gasteiger partial charge is 0.488 e. The maximum absolute atomic E-state index is 12.3. The molecule has 0 aliphatic carbocycles. The van der Waals surface area contributed by atoms with Crippen molar-refractivity contribution >= 4 is 5.91 Å². The molecule has 1 atom stereocenters. The van der Waals surface area contributed by atoms with Crippen LogP contribution >= 0.6 is 0 Å². The van der Waals surface area contributed by atoms with Crippen molar-refractivity contribution in [2.45, 2.75) is 25.9 Å². The fourth-order valence-electron chi connectivity index (χ4n) is 2.96. The summed E-state index contributed by atoms with van der Waals surface area (Å²) in [5.74, 6) is 2.15. The van der Waals surface area contributed by atoms with Gasteiger partial charge in [-0.25, -0.2) is 0 Å². The van der Waals surface area contributed by atoms with Crippen LogP contribution in [0, 0.1) is 6.92 Å². The predicted molar refractivity (Wildman–Crippen MR) is 92.5 cm³/mol. The van der Waals surface area contributed by atoms with Crippen LogP contribution in [0.1, 0.15) is 28.2 Å². The first-order valence-corrected chi connectivity index (χ1v) is 8.34. The Kier molecular flexibility index (Phi) is 4.01. The lowest BCUT2D eigenvalue weighted by Gasteiger charge is -2.26. The van der Waals surface area contributed by atoms with Crippen molar-refractivity contribution < 1.29 is 13.9 Å². The average Bonchev–Trinajstić information content (AvgIpc) is 3.28. The second-order valence-corrected chi connectivity index (χ2v) is 6.17. The molecule has 4 rings (SSSR count). The number of hydrogen-bond acceptors (Lipinski definition) is 4. The molecule has 0 radical (unpaired) electrons. The van der Waals surface area contributed by atoms with Crippen molar-refractivity contribution in [3.8, 4) is 17.2 Å². The van der Waals surface area contributed by atoms with Gasteiger partial charge in [0.2, 0.25) is 0 Å². The highest BCUT2D eigenvalue weighted by Gasteiger charge is 2.21. The number of aryl methyl sites for hydroxylation is 2. The average molecular weight is 337 g/mol. The first-order chi connectivity index (χ1) is 12.2. The van der Waals surface area contributed by atoms with Crippen LogP contribution in [0.25, 0.3) is 11.5 Å². The zero-order valence-corrected chi connectivity index (χ0v) is 13.9. The summed E-state index contributed by atoms with van der Waals surface area (Å²) >= 11 is 0. The predicted octanol–water partition coefficient (Wildman–Crippen LogP) is 3.10. The Balaban J connectivity index is 1.36. The van der Waals surface area contributed by atoms with Gasteiger partial charge in [0.15, 0.2) is 11.5 Å². The minimum absolute atomic E-state index is 0.0232. The van der Waals surface area contributed by atoms with Gasteiger partial charge in [0.25, 0.3) is 5.91 Å². The molecule has 128 valence electrons. The lowest BCUT2D eigenvalue weighted by molar-refractivity contribution is 0.0913. The van der Waals surface area contributed by atoms with Crippen LogP contribution in [0.3, 0.4) is 0 Å². The molecule has 3 heterocycles. The van der Waals surface area contributed by atoms with Gasteiger partial charge in [-0.15, -0.1) is 0 Å². The Morgan fingerprint density at radius 3 is 3.04 bits per heavy atom. The smallest absolute Gasteiger partial charge is 0.271 e. The normalized spacial score (nSPS) is 16.1. The summed E-state index contributed by atoms with van der Waals surface area (Å²) in [5.41, 5.74) is 2.23. The minimum atomic E-state index is -0.228. The van der Waals surface area contributed by atoms with Gasteiger partial charge in [0.05, 0.1) is 6.54 Å². The van der Waals surface area contributed by atoms with Gasteiger partial charge < -0.3 is 14.5 Å². The van der Waals surface area contributed by atoms with E-state index in [1.807, 2.05) is 37.3 Å². The Morgan fingerprint density at radius 1 is 1.32 bits per heavy atom. The third kappa shape index (κ3) is 3.28. The first kappa shape index (κ1) is 15.5. The summed E-state index contributed by atoms with van der Waals surface area (Å²) < 4.78 is 11.5. The zero-order valence-electron chi connectivity index (χ0n) is 13.9. The van der Waals surface area contributed by atoms with Crippen molar-refractivity contribution in [3.05, 3.63) is 59.5 Å². The van der Waals surface area contributed by atoms with Crippen molar-refractivity contribution in [1.82, 2.24) is 15.5 Å². The zero-order chi connectivity index (χ0) is 17.2. The Labute approximate surface area is 145 Å². The molecular weight excluding hydrogens is 318 g/mol. The van der Waals surface area contributed by atoms with Crippen molar-refractivity contribution in [2.75, 3.05) is 6.54 Å². The number of carbonyl (C=O) groups is 1. The van der Waals surface area contributed by atoms with Crippen molar-refractivity contribution in [2.24, 2.45) is 0 Å². The maximum atomic E-state index is 12.3. The summed E-state index contributed by atoms with van der Waals surface area (Å²) in [7, 11) is 0. The van der Waals surface area contributed by atoms with Crippen LogP contribution in [-0.2, 0) is 6.42 Å². The van der Waals surface area contributed by atoms with Crippen LogP contribution in [0.15, 0.2) is 46.9 Å². The lowest BCUT2D eigenvalue weighted by Crippen LogP contribution is -2.37. The molecule has 0 saturated carbocycles. The number of carbonyl (C=O) groups excluding carboxylic acids is 1. The molecule has 0 unspecified atom stereocenters. The lowest BCUT2D eigenvalue weighted by atomic mass is 10.0. The van der Waals surface area contributed by atoms with Crippen LogP contribution in [-0.4, -0.2) is 28.8 Å². The molecule has 2 aromatic heterocycles. The number of rotatable bonds is 4. The highest BCUT2D eigenvalue weighted by Crippen LogP contribution is 2.26. The van der Waals surface area contributed by atoms with E-state index in [4.69, 9.17) is 9.15 Å². The number of aromatic nitrogens is 2. The highest BCUT2D eigenvalue weighted by molar-refractivity contribution is 5.93. The van der Waals surface area contributed by atoms with E-state index in [9.17, 15) is 4.79 Å². The standard InChI is InChI=1S/C19H19N3O3/c1-12-6-9-18(24-12)15-10-16(22-21-15)19(23)20-11-14-8-7-13-4-2-3-5-17(13)25-14/h2-6,9-10,14H,7-8,11H2,1H3,(H,20,23)(H,21,22)/t14-/m1/s1. The topological polar surface area (TPSA) is 80.1 Å². The number of benzene rings is 1. The molecule has 0 fully saturated rings. The summed E-state index contributed by atoms with van der Waals surface area (Å²) in [4.78, 5) is 12.3. The number of fused-ring (bicyclic) bond motifs is 1. The van der Waals surface area contributed by atoms with E-state index in [1.165, 1.54) is 5.56 Å². The number of hydrogen-bond donors (Lipinski definition) is 2. The number of nitrogens with zero attached hydrogens (tertiary/aromatic N) is 1. The molecule has 6 nitrogen and oxygen atoms in total. The second kappa shape index (κ2) is 6.47. The Morgan fingerprint density at radius 2 is 2.20 bits per heavy atom. The molecule has 1 aliphatic rings. The van der Waals surface area contributed by atoms with E-state index in [-0.39, 0.29) is 12.0 Å². The van der Waals surface area contributed by atoms with Gasteiger partial charge in [-0.1, -0.05) is 18.2 Å². The Bertz CT molecular complexity index is 897. The maximum Gasteiger partial charge on any atom is 0.271 e. The minimum Gasteiger partial charge on any atom is -0.488 e. The molecule has 2 N–H and O–H groups in total. The molecule has 0 spiro atoms. The van der Waals surface area contributed by atoms with Gasteiger partial charge in [0.1, 0.15) is 23.3 Å². The highest BCUT2D eigenvalue weighted by atomic mass is 16.5. The van der Waals surface area contributed by atoms with Gasteiger partial charge in [-0.3, -0.25) is 9.89 Å². The van der Waals surface area contributed by atoms with E-state index in [1.54, 1.807) is 6.07 Å². The number of nitrogens with one attached hydrogen (secondary N) is 2. The molecule has 0 saturated heterocycles. The Hall–Kier alpha value is -3.02. The quantitative estimate of drug-likeness (QED) is 0.766. The second-order valence-electron chi connectivity index (χ2n) is 6.17. The van der Waals surface area contributed by atoms with Gasteiger partial charge in [-0.2, -0.15) is 5.10 Å². The molecule has 1 amide bonds. The van der Waals surface area contributed by atoms with E-state index in [0.717, 1.165) is 24.4 Å². The summed E-state index contributed by atoms with van der Waals surface area (Å²) in [6, 6.07) is 13.4. The first-order valence-electron chi connectivity index (χ1n) is 8.34. The fraction of sp³-hybridized carbons (Fsp3) is 0.263. The van der Waals surface area contributed by atoms with Gasteiger partial charge in [0, 0.05) is 6.07 Å². The molecule has 0 bridgehead atoms. The van der Waals surface area contributed by atoms with Crippen LogP contribution in [0.5, 0.6) is 5.75 Å². The number of amides is 1.